The van der Waals surface area contributed by atoms with Crippen LogP contribution in [-0.2, 0) is 6.42 Å². The third-order valence-electron chi connectivity index (χ3n) is 14.3. The van der Waals surface area contributed by atoms with Gasteiger partial charge < -0.3 is 85.3 Å². The number of ether oxygens (including phenoxy) is 18. The van der Waals surface area contributed by atoms with Crippen LogP contribution < -0.4 is 85.3 Å². The third-order valence-corrected chi connectivity index (χ3v) is 14.3. The van der Waals surface area contributed by atoms with Crippen molar-refractivity contribution in [3.63, 3.8) is 0 Å². The molecule has 0 N–H and O–H groups in total. The standard InChI is InChI=1S/C25H28O6.C17H20O4.C16H18O4.2C8H10O2/c1-26-16-7-10-19(22(13-16)29-4)25(20-11-8-17(27-2)14-23(20)30-5)21-12-9-18(28-3)15-24(21)31-6;1-18-14-7-5-12(16(10-14)20-3)9-13-6-8-15(19-2)11-17(13)21-4;1-17-11-6-8-15(19-3)14(9-11)13-7-5-12(18-2)10-16(13)20-4;2*1-9-7-3-5-8(10-2)6-4-7/h7-15,25H,1-6H3;5-8,10-11H,9H2,1-4H3;5-10H,1-4H3;2*3-6H,1-2H3. The van der Waals surface area contributed by atoms with Crippen LogP contribution in [0.3, 0.4) is 0 Å². The van der Waals surface area contributed by atoms with Crippen molar-refractivity contribution < 1.29 is 85.3 Å². The van der Waals surface area contributed by atoms with Gasteiger partial charge in [-0.05, 0) is 120 Å². The molecule has 0 amide bonds. The zero-order chi connectivity index (χ0) is 67.0. The van der Waals surface area contributed by atoms with Crippen LogP contribution in [0.25, 0.3) is 11.1 Å². The molecule has 9 aromatic carbocycles. The van der Waals surface area contributed by atoms with E-state index in [0.29, 0.717) is 40.9 Å². The lowest BCUT2D eigenvalue weighted by Gasteiger charge is -2.25. The van der Waals surface area contributed by atoms with Gasteiger partial charge in [-0.2, -0.15) is 0 Å². The smallest absolute Gasteiger partial charge is 0.130 e. The van der Waals surface area contributed by atoms with Crippen molar-refractivity contribution in [1.82, 2.24) is 0 Å². The molecule has 0 fully saturated rings. The predicted molar refractivity (Wildman–Crippen MR) is 359 cm³/mol. The Morgan fingerprint density at radius 1 is 0.185 bits per heavy atom. The molecule has 0 spiro atoms. The SMILES string of the molecule is COc1ccc(-c2cc(OC)ccc2OC)c(OC)c1.COc1ccc(C(c2ccc(OC)cc2OC)c2ccc(OC)cc2OC)c(OC)c1.COc1ccc(Cc2ccc(OC)cc2OC)c(OC)c1.COc1ccc(OC)cc1.COc1ccc(OC)cc1. The first-order valence-corrected chi connectivity index (χ1v) is 28.7. The topological polar surface area (TPSA) is 166 Å². The van der Waals surface area contributed by atoms with Gasteiger partial charge >= 0.3 is 0 Å². The van der Waals surface area contributed by atoms with Gasteiger partial charge in [-0.1, -0.05) is 30.3 Å². The molecule has 0 saturated heterocycles. The van der Waals surface area contributed by atoms with Crippen molar-refractivity contribution >= 4 is 0 Å². The van der Waals surface area contributed by atoms with E-state index < -0.39 is 0 Å². The monoisotopic (exact) mass is 1260 g/mol. The molecule has 0 aliphatic rings. The summed E-state index contributed by atoms with van der Waals surface area (Å²) in [4.78, 5) is 0. The Bertz CT molecular complexity index is 3370. The third kappa shape index (κ3) is 19.9. The maximum Gasteiger partial charge on any atom is 0.130 e. The van der Waals surface area contributed by atoms with E-state index in [1.54, 1.807) is 128 Å². The summed E-state index contributed by atoms with van der Waals surface area (Å²) in [6, 6.07) is 55.1. The van der Waals surface area contributed by atoms with Crippen LogP contribution in [0.15, 0.2) is 176 Å². The highest BCUT2D eigenvalue weighted by Crippen LogP contribution is 2.47. The molecule has 490 valence electrons. The van der Waals surface area contributed by atoms with Crippen LogP contribution in [0, 0.1) is 0 Å². The Kier molecular flexibility index (Phi) is 29.8. The number of hydrogen-bond acceptors (Lipinski definition) is 18. The van der Waals surface area contributed by atoms with Gasteiger partial charge in [0.05, 0.1) is 128 Å². The molecule has 0 atom stereocenters. The lowest BCUT2D eigenvalue weighted by atomic mass is 9.83. The van der Waals surface area contributed by atoms with E-state index >= 15 is 0 Å². The summed E-state index contributed by atoms with van der Waals surface area (Å²) in [5.74, 6) is 13.5. The molecule has 92 heavy (non-hydrogen) atoms. The number of hydrogen-bond donors (Lipinski definition) is 0. The van der Waals surface area contributed by atoms with Crippen molar-refractivity contribution in [1.29, 1.82) is 0 Å². The molecule has 0 radical (unpaired) electrons. The Balaban J connectivity index is 0.000000222. The molecule has 0 unspecified atom stereocenters. The molecule has 0 aliphatic carbocycles. The molecule has 18 nitrogen and oxygen atoms in total. The number of benzene rings is 9. The van der Waals surface area contributed by atoms with Crippen LogP contribution in [0.5, 0.6) is 103 Å². The lowest BCUT2D eigenvalue weighted by Crippen LogP contribution is -2.09. The minimum Gasteiger partial charge on any atom is -0.497 e. The summed E-state index contributed by atoms with van der Waals surface area (Å²) in [5, 5.41) is 0. The van der Waals surface area contributed by atoms with Crippen LogP contribution >= 0.6 is 0 Å². The Morgan fingerprint density at radius 3 is 0.696 bits per heavy atom. The molecule has 0 heterocycles. The van der Waals surface area contributed by atoms with Crippen LogP contribution in [-0.4, -0.2) is 128 Å². The molecular weight excluding hydrogens is 1180 g/mol. The summed E-state index contributed by atoms with van der Waals surface area (Å²) < 4.78 is 95.9. The fourth-order valence-electron chi connectivity index (χ4n) is 9.34. The summed E-state index contributed by atoms with van der Waals surface area (Å²) >= 11 is 0. The van der Waals surface area contributed by atoms with E-state index in [0.717, 1.165) is 108 Å². The minimum absolute atomic E-state index is 0.248. The minimum atomic E-state index is -0.248. The zero-order valence-electron chi connectivity index (χ0n) is 55.9. The average molecular weight is 1260 g/mol. The highest BCUT2D eigenvalue weighted by atomic mass is 16.5. The van der Waals surface area contributed by atoms with E-state index in [1.165, 1.54) is 0 Å². The summed E-state index contributed by atoms with van der Waals surface area (Å²) in [6.45, 7) is 0. The van der Waals surface area contributed by atoms with E-state index in [2.05, 4.69) is 0 Å². The molecule has 18 heteroatoms. The first-order chi connectivity index (χ1) is 44.8. The molecule has 0 saturated carbocycles. The van der Waals surface area contributed by atoms with Gasteiger partial charge in [0.2, 0.25) is 0 Å². The average Bonchev–Trinajstić information content (AvgIpc) is 0.834. The maximum absolute atomic E-state index is 5.74. The van der Waals surface area contributed by atoms with Gasteiger partial charge in [-0.3, -0.25) is 0 Å². The van der Waals surface area contributed by atoms with Gasteiger partial charge in [0.1, 0.15) is 103 Å². The fourth-order valence-corrected chi connectivity index (χ4v) is 9.34. The Labute approximate surface area is 541 Å². The summed E-state index contributed by atoms with van der Waals surface area (Å²) in [7, 11) is 29.5. The van der Waals surface area contributed by atoms with Crippen molar-refractivity contribution in [3.8, 4) is 115 Å². The van der Waals surface area contributed by atoms with Crippen LogP contribution in [0.4, 0.5) is 0 Å². The van der Waals surface area contributed by atoms with E-state index in [1.807, 2.05) is 176 Å². The molecule has 9 aromatic rings. The lowest BCUT2D eigenvalue weighted by molar-refractivity contribution is 0.381. The molecule has 0 bridgehead atoms. The van der Waals surface area contributed by atoms with Crippen molar-refractivity contribution in [2.75, 3.05) is 128 Å². The summed E-state index contributed by atoms with van der Waals surface area (Å²) in [5.41, 5.74) is 6.79. The Morgan fingerprint density at radius 2 is 0.413 bits per heavy atom. The number of methoxy groups -OCH3 is 18. The van der Waals surface area contributed by atoms with Crippen molar-refractivity contribution in [2.24, 2.45) is 0 Å². The van der Waals surface area contributed by atoms with Crippen molar-refractivity contribution in [2.45, 2.75) is 12.3 Å². The molecule has 0 aliphatic heterocycles. The molecule has 0 aromatic heterocycles. The van der Waals surface area contributed by atoms with Gasteiger partial charge in [0, 0.05) is 76.6 Å². The predicted octanol–water partition coefficient (Wildman–Crippen LogP) is 15.0. The maximum atomic E-state index is 5.74. The molecular formula is C74H86O18. The fraction of sp³-hybridized carbons (Fsp3) is 0.270. The quantitative estimate of drug-likeness (QED) is 0.0524. The Hall–Kier alpha value is -10.6. The van der Waals surface area contributed by atoms with E-state index in [-0.39, 0.29) is 5.92 Å². The van der Waals surface area contributed by atoms with Crippen LogP contribution in [0.2, 0.25) is 0 Å². The van der Waals surface area contributed by atoms with E-state index in [4.69, 9.17) is 85.3 Å². The normalized spacial score (nSPS) is 9.99. The van der Waals surface area contributed by atoms with E-state index in [9.17, 15) is 0 Å². The number of rotatable bonds is 24. The summed E-state index contributed by atoms with van der Waals surface area (Å²) in [6.07, 6.45) is 0.709. The first kappa shape index (κ1) is 72.1. The second-order valence-electron chi connectivity index (χ2n) is 19.2. The highest BCUT2D eigenvalue weighted by Gasteiger charge is 2.28. The van der Waals surface area contributed by atoms with Crippen LogP contribution in [0.1, 0.15) is 33.7 Å². The molecule has 9 rings (SSSR count). The van der Waals surface area contributed by atoms with Crippen molar-refractivity contribution in [3.05, 3.63) is 204 Å². The largest absolute Gasteiger partial charge is 0.497 e. The second-order valence-corrected chi connectivity index (χ2v) is 19.2. The first-order valence-electron chi connectivity index (χ1n) is 28.7. The second kappa shape index (κ2) is 38.0. The van der Waals surface area contributed by atoms with Gasteiger partial charge in [-0.25, -0.2) is 0 Å². The van der Waals surface area contributed by atoms with Gasteiger partial charge in [0.15, 0.2) is 0 Å². The highest BCUT2D eigenvalue weighted by molar-refractivity contribution is 5.78. The van der Waals surface area contributed by atoms with Gasteiger partial charge in [-0.15, -0.1) is 0 Å². The zero-order valence-corrected chi connectivity index (χ0v) is 55.9. The van der Waals surface area contributed by atoms with Gasteiger partial charge in [0.25, 0.3) is 0 Å².